The summed E-state index contributed by atoms with van der Waals surface area (Å²) in [6, 6.07) is 5.85. The third kappa shape index (κ3) is 5.03. The molecule has 5 nitrogen and oxygen atoms in total. The molecule has 1 aromatic rings. The predicted molar refractivity (Wildman–Crippen MR) is 86.5 cm³/mol. The molecule has 2 unspecified atom stereocenters. The molecule has 118 valence electrons. The molecular formula is C16H22AsN3O2. The maximum atomic E-state index is 12.2. The number of carbonyl (C=O) groups excluding carboxylic acids is 1. The van der Waals surface area contributed by atoms with E-state index in [1.165, 1.54) is 0 Å². The number of nitrogens with zero attached hydrogens (tertiary/aromatic N) is 3. The van der Waals surface area contributed by atoms with Crippen molar-refractivity contribution < 1.29 is 9.53 Å². The van der Waals surface area contributed by atoms with E-state index in [-0.39, 0.29) is 6.09 Å². The predicted octanol–water partition coefficient (Wildman–Crippen LogP) is 1.83. The zero-order chi connectivity index (χ0) is 16.2. The Balaban J connectivity index is 1.92. The molecule has 0 N–H and O–H groups in total. The van der Waals surface area contributed by atoms with Crippen molar-refractivity contribution in [1.82, 2.24) is 9.88 Å². The summed E-state index contributed by atoms with van der Waals surface area (Å²) in [5.74, 6) is 0. The van der Waals surface area contributed by atoms with E-state index in [0.717, 1.165) is 30.4 Å². The van der Waals surface area contributed by atoms with Crippen LogP contribution in [0, 0.1) is 11.3 Å². The van der Waals surface area contributed by atoms with Crippen molar-refractivity contribution in [3.63, 3.8) is 0 Å². The zero-order valence-electron chi connectivity index (χ0n) is 13.3. The summed E-state index contributed by atoms with van der Waals surface area (Å²) in [4.78, 5) is 18.4. The first-order valence-electron chi connectivity index (χ1n) is 7.48. The molecule has 0 saturated carbocycles. The molecule has 1 aliphatic heterocycles. The molecule has 2 heterocycles. The molecule has 0 bridgehead atoms. The van der Waals surface area contributed by atoms with Gasteiger partial charge in [-0.1, -0.05) is 0 Å². The van der Waals surface area contributed by atoms with Crippen LogP contribution in [-0.2, 0) is 4.74 Å². The molecule has 1 fully saturated rings. The Bertz CT molecular complexity index is 560. The normalized spacial score (nSPS) is 19.2. The van der Waals surface area contributed by atoms with Crippen LogP contribution in [0.3, 0.4) is 0 Å². The van der Waals surface area contributed by atoms with Crippen LogP contribution in [0.1, 0.15) is 39.2 Å². The average molecular weight is 363 g/mol. The van der Waals surface area contributed by atoms with Crippen LogP contribution in [0.5, 0.6) is 0 Å². The second kappa shape index (κ2) is 7.15. The Labute approximate surface area is 138 Å². The first kappa shape index (κ1) is 16.8. The minimum atomic E-state index is -0.449. The molecule has 1 amide bonds. The van der Waals surface area contributed by atoms with Crippen molar-refractivity contribution in [3.05, 3.63) is 23.9 Å². The molecule has 0 radical (unpaired) electrons. The fraction of sp³-hybridized carbons (Fsp3) is 0.562. The Hall–Kier alpha value is -1.53. The van der Waals surface area contributed by atoms with E-state index in [4.69, 9.17) is 10.00 Å². The van der Waals surface area contributed by atoms with E-state index in [9.17, 15) is 4.79 Å². The van der Waals surface area contributed by atoms with Gasteiger partial charge in [-0.2, -0.15) is 0 Å². The number of ether oxygens (including phenoxy) is 1. The van der Waals surface area contributed by atoms with E-state index >= 15 is 0 Å². The molecule has 1 aliphatic rings. The number of nitriles is 1. The average Bonchev–Trinajstić information content (AvgIpc) is 2.46. The van der Waals surface area contributed by atoms with Crippen LogP contribution >= 0.6 is 0 Å². The first-order chi connectivity index (χ1) is 10.4. The van der Waals surface area contributed by atoms with Gasteiger partial charge in [0.05, 0.1) is 0 Å². The second-order valence-corrected chi connectivity index (χ2v) is 9.85. The van der Waals surface area contributed by atoms with Gasteiger partial charge in [0.25, 0.3) is 0 Å². The van der Waals surface area contributed by atoms with Crippen molar-refractivity contribution in [2.75, 3.05) is 13.1 Å². The van der Waals surface area contributed by atoms with Crippen molar-refractivity contribution in [3.8, 4) is 6.07 Å². The summed E-state index contributed by atoms with van der Waals surface area (Å²) < 4.78 is 7.06. The van der Waals surface area contributed by atoms with Gasteiger partial charge in [0.2, 0.25) is 0 Å². The fourth-order valence-corrected chi connectivity index (χ4v) is 5.27. The summed E-state index contributed by atoms with van der Waals surface area (Å²) in [7, 11) is 0. The number of amides is 1. The van der Waals surface area contributed by atoms with Crippen LogP contribution in [0.15, 0.2) is 18.3 Å². The van der Waals surface area contributed by atoms with E-state index in [0.29, 0.717) is 10.3 Å². The van der Waals surface area contributed by atoms with Crippen molar-refractivity contribution in [1.29, 1.82) is 5.26 Å². The molecule has 2 atom stereocenters. The van der Waals surface area contributed by atoms with Gasteiger partial charge in [0.15, 0.2) is 0 Å². The van der Waals surface area contributed by atoms with Gasteiger partial charge < -0.3 is 0 Å². The number of carbonyl (C=O) groups is 1. The van der Waals surface area contributed by atoms with E-state index in [1.54, 1.807) is 6.20 Å². The van der Waals surface area contributed by atoms with Gasteiger partial charge >= 0.3 is 138 Å². The van der Waals surface area contributed by atoms with Gasteiger partial charge in [0.1, 0.15) is 0 Å². The number of aromatic nitrogens is 1. The number of hydrogen-bond acceptors (Lipinski definition) is 4. The second-order valence-electron chi connectivity index (χ2n) is 6.45. The fourth-order valence-electron chi connectivity index (χ4n) is 2.34. The van der Waals surface area contributed by atoms with Crippen LogP contribution in [0.25, 0.3) is 0 Å². The SMILES string of the molecule is CC(C)(C)OC(=O)N1CCCC([AsH]c2ccc(C#N)cn2)C1. The number of likely N-dealkylation sites (tertiary alicyclic amines) is 1. The van der Waals surface area contributed by atoms with Crippen LogP contribution in [0.2, 0.25) is 4.71 Å². The molecule has 0 aromatic carbocycles. The number of hydrogen-bond donors (Lipinski definition) is 0. The third-order valence-corrected chi connectivity index (χ3v) is 6.40. The standard InChI is InChI=1S/C16H22AsN3O2/c1-16(2,3)22-15(21)20-8-4-5-13(11-20)17-14-7-6-12(9-18)10-19-14/h6-7,10,13,17H,4-5,8,11H2,1-3H3. The monoisotopic (exact) mass is 363 g/mol. The molecular weight excluding hydrogens is 341 g/mol. The number of rotatable bonds is 2. The summed E-state index contributed by atoms with van der Waals surface area (Å²) >= 11 is -0.418. The van der Waals surface area contributed by atoms with Gasteiger partial charge in [0, 0.05) is 0 Å². The topological polar surface area (TPSA) is 66.2 Å². The number of piperidine rings is 1. The zero-order valence-corrected chi connectivity index (χ0v) is 15.4. The van der Waals surface area contributed by atoms with Crippen molar-refractivity contribution in [2.45, 2.75) is 43.9 Å². The molecule has 1 aromatic heterocycles. The first-order valence-corrected chi connectivity index (χ1v) is 9.74. The summed E-state index contributed by atoms with van der Waals surface area (Å²) in [6.07, 6.45) is 3.58. The third-order valence-electron chi connectivity index (χ3n) is 3.32. The molecule has 1 saturated heterocycles. The molecule has 2 rings (SSSR count). The number of pyridine rings is 1. The Morgan fingerprint density at radius 1 is 1.50 bits per heavy atom. The van der Waals surface area contributed by atoms with E-state index < -0.39 is 21.4 Å². The Kier molecular flexibility index (Phi) is 5.47. The molecule has 22 heavy (non-hydrogen) atoms. The van der Waals surface area contributed by atoms with Crippen LogP contribution in [-0.4, -0.2) is 50.4 Å². The van der Waals surface area contributed by atoms with Gasteiger partial charge in [-0.05, 0) is 0 Å². The molecule has 6 heteroatoms. The van der Waals surface area contributed by atoms with Gasteiger partial charge in [-0.3, -0.25) is 0 Å². The van der Waals surface area contributed by atoms with Crippen molar-refractivity contribution in [2.24, 2.45) is 0 Å². The maximum absolute atomic E-state index is 12.2. The van der Waals surface area contributed by atoms with E-state index in [2.05, 4.69) is 11.1 Å². The van der Waals surface area contributed by atoms with Crippen LogP contribution < -0.4 is 4.48 Å². The Morgan fingerprint density at radius 2 is 2.27 bits per heavy atom. The quantitative estimate of drug-likeness (QED) is 0.752. The van der Waals surface area contributed by atoms with Crippen LogP contribution in [0.4, 0.5) is 4.79 Å². The Morgan fingerprint density at radius 3 is 2.86 bits per heavy atom. The van der Waals surface area contributed by atoms with Gasteiger partial charge in [-0.15, -0.1) is 0 Å². The minimum absolute atomic E-state index is 0.211. The summed E-state index contributed by atoms with van der Waals surface area (Å²) in [5, 5.41) is 8.80. The summed E-state index contributed by atoms with van der Waals surface area (Å²) in [5.41, 5.74) is 0.143. The van der Waals surface area contributed by atoms with Crippen molar-refractivity contribution >= 4 is 26.3 Å². The summed E-state index contributed by atoms with van der Waals surface area (Å²) in [6.45, 7) is 7.21. The van der Waals surface area contributed by atoms with Gasteiger partial charge in [-0.25, -0.2) is 0 Å². The van der Waals surface area contributed by atoms with E-state index in [1.807, 2.05) is 37.8 Å². The molecule has 0 aliphatic carbocycles. The molecule has 0 spiro atoms.